The molecule has 0 aromatic carbocycles. The number of phosphoric acid groups is 1. The molecular formula is C45H79O13P. The molecule has 6 N–H and O–H groups in total. The van der Waals surface area contributed by atoms with Crippen LogP contribution in [0.15, 0.2) is 48.6 Å². The van der Waals surface area contributed by atoms with Crippen LogP contribution in [0.5, 0.6) is 0 Å². The first-order chi connectivity index (χ1) is 28.4. The van der Waals surface area contributed by atoms with Gasteiger partial charge in [0, 0.05) is 12.8 Å². The summed E-state index contributed by atoms with van der Waals surface area (Å²) in [6.07, 6.45) is 27.4. The third kappa shape index (κ3) is 28.1. The van der Waals surface area contributed by atoms with Crippen LogP contribution in [0.1, 0.15) is 168 Å². The predicted molar refractivity (Wildman–Crippen MR) is 230 cm³/mol. The van der Waals surface area contributed by atoms with E-state index in [1.54, 1.807) is 0 Å². The zero-order valence-corrected chi connectivity index (χ0v) is 36.9. The van der Waals surface area contributed by atoms with Gasteiger partial charge in [-0.3, -0.25) is 18.6 Å². The Kier molecular flexibility index (Phi) is 32.9. The number of carbonyl (C=O) groups is 2. The summed E-state index contributed by atoms with van der Waals surface area (Å²) >= 11 is 0. The van der Waals surface area contributed by atoms with Gasteiger partial charge in [0.1, 0.15) is 43.2 Å². The highest BCUT2D eigenvalue weighted by Gasteiger charge is 2.51. The first-order valence-electron chi connectivity index (χ1n) is 22.4. The molecule has 0 saturated heterocycles. The van der Waals surface area contributed by atoms with E-state index in [0.717, 1.165) is 57.8 Å². The zero-order chi connectivity index (χ0) is 43.6. The topological polar surface area (TPSA) is 210 Å². The minimum Gasteiger partial charge on any atom is -0.462 e. The van der Waals surface area contributed by atoms with Crippen LogP contribution in [-0.2, 0) is 32.7 Å². The fraction of sp³-hybridized carbons (Fsp3) is 0.778. The molecule has 6 unspecified atom stereocenters. The molecule has 59 heavy (non-hydrogen) atoms. The van der Waals surface area contributed by atoms with Gasteiger partial charge in [0.25, 0.3) is 0 Å². The second-order valence-corrected chi connectivity index (χ2v) is 16.9. The van der Waals surface area contributed by atoms with Gasteiger partial charge in [0.05, 0.1) is 6.61 Å². The minimum absolute atomic E-state index is 0.0446. The van der Waals surface area contributed by atoms with Crippen LogP contribution in [-0.4, -0.2) is 98.3 Å². The number of ether oxygens (including phenoxy) is 2. The summed E-state index contributed by atoms with van der Waals surface area (Å²) in [4.78, 5) is 35.6. The van der Waals surface area contributed by atoms with E-state index in [4.69, 9.17) is 18.5 Å². The lowest BCUT2D eigenvalue weighted by Crippen LogP contribution is -2.64. The molecule has 0 bridgehead atoms. The van der Waals surface area contributed by atoms with E-state index >= 15 is 0 Å². The van der Waals surface area contributed by atoms with Crippen molar-refractivity contribution in [2.45, 2.75) is 211 Å². The van der Waals surface area contributed by atoms with Gasteiger partial charge in [-0.25, -0.2) is 4.57 Å². The molecule has 1 fully saturated rings. The Morgan fingerprint density at radius 2 is 0.966 bits per heavy atom. The molecule has 342 valence electrons. The van der Waals surface area contributed by atoms with Crippen LogP contribution < -0.4 is 0 Å². The Morgan fingerprint density at radius 1 is 0.542 bits per heavy atom. The van der Waals surface area contributed by atoms with Crippen LogP contribution in [0.3, 0.4) is 0 Å². The van der Waals surface area contributed by atoms with Crippen molar-refractivity contribution < 1.29 is 63.1 Å². The Balaban J connectivity index is 2.50. The van der Waals surface area contributed by atoms with Gasteiger partial charge in [-0.1, -0.05) is 152 Å². The number of phosphoric ester groups is 1. The molecule has 1 aliphatic carbocycles. The average molecular weight is 859 g/mol. The van der Waals surface area contributed by atoms with E-state index < -0.39 is 75.7 Å². The lowest BCUT2D eigenvalue weighted by Gasteiger charge is -2.41. The number of esters is 2. The van der Waals surface area contributed by atoms with Crippen molar-refractivity contribution in [3.8, 4) is 0 Å². The molecule has 14 heteroatoms. The number of allylic oxidation sites excluding steroid dienone is 8. The van der Waals surface area contributed by atoms with Gasteiger partial charge in [0.15, 0.2) is 6.10 Å². The van der Waals surface area contributed by atoms with Gasteiger partial charge < -0.3 is 39.9 Å². The fourth-order valence-electron chi connectivity index (χ4n) is 6.57. The third-order valence-corrected chi connectivity index (χ3v) is 11.2. The summed E-state index contributed by atoms with van der Waals surface area (Å²) in [7, 11) is -5.13. The predicted octanol–water partition coefficient (Wildman–Crippen LogP) is 8.39. The van der Waals surface area contributed by atoms with Crippen LogP contribution in [0.2, 0.25) is 0 Å². The normalized spacial score (nSPS) is 22.8. The molecule has 0 aromatic rings. The molecule has 0 heterocycles. The third-order valence-electron chi connectivity index (χ3n) is 10.2. The summed E-state index contributed by atoms with van der Waals surface area (Å²) < 4.78 is 33.4. The molecule has 0 amide bonds. The fourth-order valence-corrected chi connectivity index (χ4v) is 7.54. The molecule has 1 aliphatic rings. The lowest BCUT2D eigenvalue weighted by molar-refractivity contribution is -0.220. The maximum absolute atomic E-state index is 12.8. The summed E-state index contributed by atoms with van der Waals surface area (Å²) in [6.45, 7) is 3.14. The van der Waals surface area contributed by atoms with E-state index in [9.17, 15) is 44.6 Å². The number of hydrogen-bond acceptors (Lipinski definition) is 12. The second-order valence-electron chi connectivity index (χ2n) is 15.5. The van der Waals surface area contributed by atoms with Crippen LogP contribution in [0.25, 0.3) is 0 Å². The van der Waals surface area contributed by atoms with Crippen molar-refractivity contribution in [1.29, 1.82) is 0 Å². The molecule has 0 aliphatic heterocycles. The van der Waals surface area contributed by atoms with E-state index in [2.05, 4.69) is 56.4 Å². The largest absolute Gasteiger partial charge is 0.472 e. The monoisotopic (exact) mass is 859 g/mol. The van der Waals surface area contributed by atoms with Crippen molar-refractivity contribution >= 4 is 19.8 Å². The van der Waals surface area contributed by atoms with E-state index in [1.807, 2.05) is 6.08 Å². The van der Waals surface area contributed by atoms with E-state index in [0.29, 0.717) is 12.8 Å². The molecule has 1 saturated carbocycles. The molecule has 0 radical (unpaired) electrons. The van der Waals surface area contributed by atoms with Gasteiger partial charge in [0.2, 0.25) is 0 Å². The molecular weight excluding hydrogens is 779 g/mol. The van der Waals surface area contributed by atoms with Crippen LogP contribution in [0.4, 0.5) is 0 Å². The second kappa shape index (κ2) is 35.4. The summed E-state index contributed by atoms with van der Waals surface area (Å²) in [5.41, 5.74) is 0. The van der Waals surface area contributed by atoms with Gasteiger partial charge in [-0.2, -0.15) is 0 Å². The number of hydrogen-bond donors (Lipinski definition) is 6. The Labute approximate surface area is 354 Å². The van der Waals surface area contributed by atoms with Crippen molar-refractivity contribution in [1.82, 2.24) is 0 Å². The van der Waals surface area contributed by atoms with Crippen molar-refractivity contribution in [2.75, 3.05) is 13.2 Å². The first kappa shape index (κ1) is 54.8. The number of aliphatic hydroxyl groups is 5. The highest BCUT2D eigenvalue weighted by Crippen LogP contribution is 2.47. The van der Waals surface area contributed by atoms with Gasteiger partial charge in [-0.05, 0) is 51.4 Å². The number of aliphatic hydroxyl groups excluding tert-OH is 5. The molecule has 0 spiro atoms. The SMILES string of the molecule is CC/C=C\C/C=C\C/C=C\C/C=C\CCCCC(=O)O[C@H](COC(=O)CCCCCCCCCCCCCCCCC)COP(=O)(O)OC1C(O)C(O)C(O)[C@@H](O)C1O. The molecule has 13 nitrogen and oxygen atoms in total. The lowest BCUT2D eigenvalue weighted by atomic mass is 9.85. The number of rotatable bonds is 36. The number of unbranched alkanes of at least 4 members (excludes halogenated alkanes) is 16. The minimum atomic E-state index is -5.13. The Morgan fingerprint density at radius 3 is 1.47 bits per heavy atom. The average Bonchev–Trinajstić information content (AvgIpc) is 3.21. The molecule has 1 rings (SSSR count). The summed E-state index contributed by atoms with van der Waals surface area (Å²) in [5.74, 6) is -1.15. The Bertz CT molecular complexity index is 1220. The number of carbonyl (C=O) groups excluding carboxylic acids is 2. The van der Waals surface area contributed by atoms with Crippen molar-refractivity contribution in [3.05, 3.63) is 48.6 Å². The van der Waals surface area contributed by atoms with Crippen LogP contribution >= 0.6 is 7.82 Å². The standard InChI is InChI=1S/C45H79O13P/c1-3-5-7-9-11-13-15-17-19-21-23-25-27-29-31-33-38(46)55-35-37(36-56-59(53,54)58-45-43(51)41(49)40(48)42(50)44(45)52)57-39(47)34-32-30-28-26-24-22-20-18-16-14-12-10-8-6-4-2/h6,8,12,14,18,20,24,26,37,40-45,48-52H,3-5,7,9-11,13,15-17,19,21-23,25,27-36H2,1-2H3,(H,53,54)/b8-6-,14-12-,20-18-,26-24-/t37-,40?,41-,42?,43?,44?,45?/m1/s1. The zero-order valence-electron chi connectivity index (χ0n) is 36.0. The quantitative estimate of drug-likeness (QED) is 0.0152. The van der Waals surface area contributed by atoms with Crippen molar-refractivity contribution in [3.63, 3.8) is 0 Å². The van der Waals surface area contributed by atoms with Crippen LogP contribution in [0, 0.1) is 0 Å². The van der Waals surface area contributed by atoms with E-state index in [-0.39, 0.29) is 12.8 Å². The smallest absolute Gasteiger partial charge is 0.462 e. The van der Waals surface area contributed by atoms with Gasteiger partial charge >= 0.3 is 19.8 Å². The maximum atomic E-state index is 12.8. The summed E-state index contributed by atoms with van der Waals surface area (Å²) in [5, 5.41) is 50.1. The molecule has 8 atom stereocenters. The first-order valence-corrected chi connectivity index (χ1v) is 23.9. The highest BCUT2D eigenvalue weighted by atomic mass is 31.2. The summed E-state index contributed by atoms with van der Waals surface area (Å²) in [6, 6.07) is 0. The molecule has 0 aromatic heterocycles. The van der Waals surface area contributed by atoms with Crippen molar-refractivity contribution in [2.24, 2.45) is 0 Å². The maximum Gasteiger partial charge on any atom is 0.472 e. The van der Waals surface area contributed by atoms with Gasteiger partial charge in [-0.15, -0.1) is 0 Å². The van der Waals surface area contributed by atoms with E-state index in [1.165, 1.54) is 70.6 Å². The highest BCUT2D eigenvalue weighted by molar-refractivity contribution is 7.47. The Hall–Kier alpha value is -2.19.